The van der Waals surface area contributed by atoms with Crippen molar-refractivity contribution in [3.05, 3.63) is 0 Å². The highest BCUT2D eigenvalue weighted by Crippen LogP contribution is 2.37. The van der Waals surface area contributed by atoms with Gasteiger partial charge in [-0.05, 0) is 12.8 Å². The van der Waals surface area contributed by atoms with Crippen LogP contribution in [0.3, 0.4) is 0 Å². The molecule has 2 N–H and O–H groups in total. The van der Waals surface area contributed by atoms with Gasteiger partial charge in [0.2, 0.25) is 0 Å². The average molecular weight is 225 g/mol. The molecule has 0 bridgehead atoms. The molecule has 0 aliphatic heterocycles. The highest BCUT2D eigenvalue weighted by atomic mass is 19.4. The van der Waals surface area contributed by atoms with Crippen LogP contribution >= 0.6 is 0 Å². The minimum Gasteiger partial charge on any atom is -0.396 e. The number of alkyl halides is 3. The summed E-state index contributed by atoms with van der Waals surface area (Å²) in [6, 6.07) is 0. The zero-order valence-electron chi connectivity index (χ0n) is 8.23. The van der Waals surface area contributed by atoms with E-state index in [2.05, 4.69) is 0 Å². The SMILES string of the molecule is O=C(NCC1(CO)CCCC1)C(F)(F)F. The molecule has 1 fully saturated rings. The van der Waals surface area contributed by atoms with Gasteiger partial charge in [-0.3, -0.25) is 4.79 Å². The van der Waals surface area contributed by atoms with Gasteiger partial charge in [0.05, 0.1) is 6.61 Å². The van der Waals surface area contributed by atoms with E-state index in [1.807, 2.05) is 5.32 Å². The first kappa shape index (κ1) is 12.3. The monoisotopic (exact) mass is 225 g/mol. The van der Waals surface area contributed by atoms with Gasteiger partial charge in [0.25, 0.3) is 0 Å². The number of halogens is 3. The summed E-state index contributed by atoms with van der Waals surface area (Å²) in [7, 11) is 0. The normalized spacial score (nSPS) is 20.3. The second kappa shape index (κ2) is 4.38. The summed E-state index contributed by atoms with van der Waals surface area (Å²) in [5, 5.41) is 10.9. The number of amides is 1. The smallest absolute Gasteiger partial charge is 0.396 e. The van der Waals surface area contributed by atoms with Gasteiger partial charge in [-0.1, -0.05) is 12.8 Å². The molecule has 0 saturated heterocycles. The van der Waals surface area contributed by atoms with E-state index in [-0.39, 0.29) is 13.2 Å². The van der Waals surface area contributed by atoms with Crippen LogP contribution in [0.1, 0.15) is 25.7 Å². The summed E-state index contributed by atoms with van der Waals surface area (Å²) in [6.07, 6.45) is -1.72. The van der Waals surface area contributed by atoms with Gasteiger partial charge in [-0.25, -0.2) is 0 Å². The Kier molecular flexibility index (Phi) is 3.59. The fourth-order valence-corrected chi connectivity index (χ4v) is 1.88. The number of aliphatic hydroxyl groups is 1. The summed E-state index contributed by atoms with van der Waals surface area (Å²) in [5.41, 5.74) is -0.541. The molecule has 0 heterocycles. The number of rotatable bonds is 3. The Labute approximate surface area is 85.7 Å². The van der Waals surface area contributed by atoms with Gasteiger partial charge in [0.1, 0.15) is 0 Å². The molecule has 0 spiro atoms. The second-order valence-electron chi connectivity index (χ2n) is 4.05. The lowest BCUT2D eigenvalue weighted by Crippen LogP contribution is -2.43. The maximum Gasteiger partial charge on any atom is 0.471 e. The van der Waals surface area contributed by atoms with Gasteiger partial charge < -0.3 is 10.4 Å². The van der Waals surface area contributed by atoms with Crippen LogP contribution in [0, 0.1) is 5.41 Å². The number of aliphatic hydroxyl groups excluding tert-OH is 1. The third-order valence-electron chi connectivity index (χ3n) is 2.88. The van der Waals surface area contributed by atoms with Crippen LogP contribution < -0.4 is 5.32 Å². The van der Waals surface area contributed by atoms with Crippen molar-refractivity contribution in [3.8, 4) is 0 Å². The summed E-state index contributed by atoms with van der Waals surface area (Å²) in [4.78, 5) is 10.6. The van der Waals surface area contributed by atoms with E-state index in [0.29, 0.717) is 12.8 Å². The predicted octanol–water partition coefficient (Wildman–Crippen LogP) is 1.22. The van der Waals surface area contributed by atoms with Crippen molar-refractivity contribution >= 4 is 5.91 Å². The maximum absolute atomic E-state index is 11.9. The molecular formula is C9H14F3NO2. The number of nitrogens with one attached hydrogen (secondary N) is 1. The lowest BCUT2D eigenvalue weighted by molar-refractivity contribution is -0.174. The van der Waals surface area contributed by atoms with Crippen LogP contribution in [0.2, 0.25) is 0 Å². The van der Waals surface area contributed by atoms with Crippen LogP contribution in [-0.4, -0.2) is 30.3 Å². The molecular weight excluding hydrogens is 211 g/mol. The molecule has 1 saturated carbocycles. The number of carbonyl (C=O) groups excluding carboxylic acids is 1. The quantitative estimate of drug-likeness (QED) is 0.758. The molecule has 15 heavy (non-hydrogen) atoms. The van der Waals surface area contributed by atoms with Crippen molar-refractivity contribution in [1.82, 2.24) is 5.32 Å². The van der Waals surface area contributed by atoms with E-state index in [4.69, 9.17) is 5.11 Å². The minimum atomic E-state index is -4.84. The van der Waals surface area contributed by atoms with E-state index in [1.54, 1.807) is 0 Å². The number of carbonyl (C=O) groups is 1. The molecule has 0 atom stereocenters. The summed E-state index contributed by atoms with van der Waals surface area (Å²) < 4.78 is 35.6. The highest BCUT2D eigenvalue weighted by Gasteiger charge is 2.41. The zero-order chi connectivity index (χ0) is 11.5. The van der Waals surface area contributed by atoms with E-state index in [9.17, 15) is 18.0 Å². The molecule has 0 aromatic carbocycles. The molecule has 0 aromatic heterocycles. The molecule has 1 aliphatic rings. The van der Waals surface area contributed by atoms with Crippen LogP contribution in [0.15, 0.2) is 0 Å². The first-order valence-electron chi connectivity index (χ1n) is 4.86. The molecule has 1 amide bonds. The Morgan fingerprint density at radius 2 is 1.87 bits per heavy atom. The van der Waals surface area contributed by atoms with E-state index in [0.717, 1.165) is 12.8 Å². The van der Waals surface area contributed by atoms with Gasteiger partial charge in [0.15, 0.2) is 0 Å². The molecule has 88 valence electrons. The zero-order valence-corrected chi connectivity index (χ0v) is 8.23. The Hall–Kier alpha value is -0.780. The highest BCUT2D eigenvalue weighted by molar-refractivity contribution is 5.81. The van der Waals surface area contributed by atoms with Crippen LogP contribution in [0.25, 0.3) is 0 Å². The van der Waals surface area contributed by atoms with Crippen LogP contribution in [0.5, 0.6) is 0 Å². The van der Waals surface area contributed by atoms with Gasteiger partial charge >= 0.3 is 12.1 Å². The molecule has 0 radical (unpaired) electrons. The lowest BCUT2D eigenvalue weighted by Gasteiger charge is -2.26. The second-order valence-corrected chi connectivity index (χ2v) is 4.05. The minimum absolute atomic E-state index is 0.0954. The summed E-state index contributed by atoms with van der Waals surface area (Å²) in [5.74, 6) is -1.93. The average Bonchev–Trinajstić information content (AvgIpc) is 2.62. The Morgan fingerprint density at radius 1 is 1.33 bits per heavy atom. The summed E-state index contributed by atoms with van der Waals surface area (Å²) in [6.45, 7) is -0.271. The van der Waals surface area contributed by atoms with Crippen molar-refractivity contribution in [1.29, 1.82) is 0 Å². The van der Waals surface area contributed by atoms with E-state index >= 15 is 0 Å². The molecule has 0 aromatic rings. The van der Waals surface area contributed by atoms with Crippen LogP contribution in [0.4, 0.5) is 13.2 Å². The van der Waals surface area contributed by atoms with Crippen LogP contribution in [-0.2, 0) is 4.79 Å². The number of hydrogen-bond donors (Lipinski definition) is 2. The number of hydrogen-bond acceptors (Lipinski definition) is 2. The molecule has 6 heteroatoms. The summed E-state index contributed by atoms with van der Waals surface area (Å²) >= 11 is 0. The fraction of sp³-hybridized carbons (Fsp3) is 0.889. The first-order valence-corrected chi connectivity index (χ1v) is 4.86. The molecule has 1 aliphatic carbocycles. The van der Waals surface area contributed by atoms with Crippen molar-refractivity contribution in [2.75, 3.05) is 13.2 Å². The van der Waals surface area contributed by atoms with Crippen molar-refractivity contribution in [3.63, 3.8) is 0 Å². The maximum atomic E-state index is 11.9. The molecule has 3 nitrogen and oxygen atoms in total. The topological polar surface area (TPSA) is 49.3 Å². The third-order valence-corrected chi connectivity index (χ3v) is 2.88. The fourth-order valence-electron chi connectivity index (χ4n) is 1.88. The van der Waals surface area contributed by atoms with Crippen molar-refractivity contribution in [2.45, 2.75) is 31.9 Å². The van der Waals surface area contributed by atoms with Crippen molar-refractivity contribution in [2.24, 2.45) is 5.41 Å². The van der Waals surface area contributed by atoms with Crippen molar-refractivity contribution < 1.29 is 23.1 Å². The largest absolute Gasteiger partial charge is 0.471 e. The third kappa shape index (κ3) is 3.09. The van der Waals surface area contributed by atoms with E-state index in [1.165, 1.54) is 0 Å². The Morgan fingerprint density at radius 3 is 2.27 bits per heavy atom. The van der Waals surface area contributed by atoms with Gasteiger partial charge in [-0.15, -0.1) is 0 Å². The predicted molar refractivity (Wildman–Crippen MR) is 47.1 cm³/mol. The Balaban J connectivity index is 2.45. The lowest BCUT2D eigenvalue weighted by atomic mass is 9.87. The molecule has 0 unspecified atom stereocenters. The van der Waals surface area contributed by atoms with Gasteiger partial charge in [-0.2, -0.15) is 13.2 Å². The Bertz CT molecular complexity index is 234. The van der Waals surface area contributed by atoms with E-state index < -0.39 is 17.5 Å². The standard InChI is InChI=1S/C9H14F3NO2/c10-9(11,12)7(15)13-5-8(6-14)3-1-2-4-8/h14H,1-6H2,(H,13,15). The van der Waals surface area contributed by atoms with Gasteiger partial charge in [0, 0.05) is 12.0 Å². The molecule has 1 rings (SSSR count). The first-order chi connectivity index (χ1) is 6.90.